The average molecular weight is 475 g/mol. The average Bonchev–Trinajstić information content (AvgIpc) is 3.28. The van der Waals surface area contributed by atoms with Crippen LogP contribution in [-0.4, -0.2) is 64.8 Å². The Morgan fingerprint density at radius 1 is 1.27 bits per heavy atom. The smallest absolute Gasteiger partial charge is 0.410 e. The number of ether oxygens (including phenoxy) is 1. The molecule has 176 valence electrons. The normalized spacial score (nSPS) is 15.7. The molecule has 2 aromatic rings. The van der Waals surface area contributed by atoms with Crippen molar-refractivity contribution in [2.45, 2.75) is 50.2 Å². The zero-order valence-electron chi connectivity index (χ0n) is 18.6. The van der Waals surface area contributed by atoms with Gasteiger partial charge in [-0.15, -0.1) is 10.2 Å². The lowest BCUT2D eigenvalue weighted by molar-refractivity contribution is 0.0203. The molecular weight excluding hydrogens is 448 g/mol. The molecule has 0 bridgehead atoms. The molecule has 1 aromatic carbocycles. The van der Waals surface area contributed by atoms with Crippen LogP contribution >= 0.6 is 0 Å². The molecule has 33 heavy (non-hydrogen) atoms. The summed E-state index contributed by atoms with van der Waals surface area (Å²) in [6, 6.07) is 7.78. The number of hydrogen-bond acceptors (Lipinski definition) is 9. The minimum Gasteiger partial charge on any atom is -0.444 e. The van der Waals surface area contributed by atoms with Crippen LogP contribution in [0.15, 0.2) is 35.4 Å². The van der Waals surface area contributed by atoms with E-state index in [1.54, 1.807) is 37.8 Å². The number of benzene rings is 1. The van der Waals surface area contributed by atoms with E-state index in [1.807, 2.05) is 6.07 Å². The second-order valence-electron chi connectivity index (χ2n) is 8.44. The maximum Gasteiger partial charge on any atom is 0.410 e. The molecule has 12 nitrogen and oxygen atoms in total. The van der Waals surface area contributed by atoms with Gasteiger partial charge in [-0.3, -0.25) is 0 Å². The summed E-state index contributed by atoms with van der Waals surface area (Å²) in [5, 5.41) is 25.2. The summed E-state index contributed by atoms with van der Waals surface area (Å²) in [6.07, 6.45) is 2.01. The summed E-state index contributed by atoms with van der Waals surface area (Å²) in [6.45, 7) is 6.25. The van der Waals surface area contributed by atoms with Crippen molar-refractivity contribution >= 4 is 27.4 Å². The fourth-order valence-corrected chi connectivity index (χ4v) is 4.41. The molecule has 2 heterocycles. The van der Waals surface area contributed by atoms with Gasteiger partial charge in [0.05, 0.1) is 4.90 Å². The summed E-state index contributed by atoms with van der Waals surface area (Å²) in [7, 11) is -3.73. The molecule has 1 aromatic heterocycles. The van der Waals surface area contributed by atoms with E-state index in [-0.39, 0.29) is 28.4 Å². The first-order chi connectivity index (χ1) is 15.6. The minimum atomic E-state index is -3.73. The Kier molecular flexibility index (Phi) is 7.29. The predicted molar refractivity (Wildman–Crippen MR) is 119 cm³/mol. The number of aromatic amines is 1. The van der Waals surface area contributed by atoms with Gasteiger partial charge in [0.2, 0.25) is 15.8 Å². The van der Waals surface area contributed by atoms with Crippen LogP contribution in [0.5, 0.6) is 0 Å². The number of tetrazole rings is 1. The zero-order chi connectivity index (χ0) is 24.1. The van der Waals surface area contributed by atoms with E-state index in [9.17, 15) is 18.5 Å². The number of likely N-dealkylation sites (tertiary alicyclic amines) is 1. The van der Waals surface area contributed by atoms with Gasteiger partial charge in [0.15, 0.2) is 0 Å². The molecule has 3 rings (SSSR count). The number of amides is 1. The number of H-pyrrole nitrogens is 1. The van der Waals surface area contributed by atoms with Crippen LogP contribution in [0.25, 0.3) is 5.57 Å². The highest BCUT2D eigenvalue weighted by Crippen LogP contribution is 2.19. The number of carbonyl (C=O) groups excluding carboxylic acids is 1. The number of rotatable bonds is 6. The molecule has 0 unspecified atom stereocenters. The first-order valence-electron chi connectivity index (χ1n) is 10.3. The van der Waals surface area contributed by atoms with Gasteiger partial charge in [-0.1, -0.05) is 0 Å². The second kappa shape index (κ2) is 9.97. The highest BCUT2D eigenvalue weighted by atomic mass is 32.2. The van der Waals surface area contributed by atoms with E-state index >= 15 is 0 Å². The van der Waals surface area contributed by atoms with Crippen molar-refractivity contribution in [1.82, 2.24) is 30.2 Å². The SMILES string of the molecule is CC(C)(C)OC(=O)N1CCC(NS(=O)(=O)c2ccc(NC=C(C#N)c3nn[nH]n3)cc2)CC1. The molecule has 1 amide bonds. The van der Waals surface area contributed by atoms with E-state index < -0.39 is 15.6 Å². The van der Waals surface area contributed by atoms with Crippen LogP contribution in [0, 0.1) is 11.3 Å². The van der Waals surface area contributed by atoms with E-state index in [1.165, 1.54) is 18.3 Å². The predicted octanol–water partition coefficient (Wildman–Crippen LogP) is 1.85. The van der Waals surface area contributed by atoms with Gasteiger partial charge in [0.25, 0.3) is 0 Å². The summed E-state index contributed by atoms with van der Waals surface area (Å²) >= 11 is 0. The number of allylic oxidation sites excluding steroid dienone is 1. The molecule has 1 aliphatic rings. The van der Waals surface area contributed by atoms with Crippen LogP contribution in [0.2, 0.25) is 0 Å². The van der Waals surface area contributed by atoms with Crippen molar-refractivity contribution in [3.63, 3.8) is 0 Å². The first-order valence-corrected chi connectivity index (χ1v) is 11.8. The third-order valence-corrected chi connectivity index (χ3v) is 6.26. The molecule has 1 aliphatic heterocycles. The van der Waals surface area contributed by atoms with E-state index in [0.717, 1.165) is 0 Å². The Morgan fingerprint density at radius 3 is 2.48 bits per heavy atom. The second-order valence-corrected chi connectivity index (χ2v) is 10.2. The lowest BCUT2D eigenvalue weighted by Gasteiger charge is -2.33. The number of piperidine rings is 1. The van der Waals surface area contributed by atoms with Gasteiger partial charge in [0, 0.05) is 31.0 Å². The summed E-state index contributed by atoms with van der Waals surface area (Å²) in [5.41, 5.74) is 0.172. The number of nitrogens with zero attached hydrogens (tertiary/aromatic N) is 5. The summed E-state index contributed by atoms with van der Waals surface area (Å²) < 4.78 is 33.6. The molecule has 0 saturated carbocycles. The van der Waals surface area contributed by atoms with Crippen molar-refractivity contribution in [3.8, 4) is 6.07 Å². The maximum absolute atomic E-state index is 12.8. The van der Waals surface area contributed by atoms with Gasteiger partial charge in [-0.25, -0.2) is 17.9 Å². The lowest BCUT2D eigenvalue weighted by atomic mass is 10.1. The Bertz CT molecular complexity index is 1120. The molecule has 0 aliphatic carbocycles. The van der Waals surface area contributed by atoms with Gasteiger partial charge < -0.3 is 15.0 Å². The Balaban J connectivity index is 1.56. The first kappa shape index (κ1) is 24.1. The number of hydrogen-bond donors (Lipinski definition) is 3. The number of nitriles is 1. The topological polar surface area (TPSA) is 166 Å². The molecule has 1 fully saturated rings. The number of aromatic nitrogens is 4. The molecule has 0 spiro atoms. The van der Waals surface area contributed by atoms with E-state index in [4.69, 9.17) is 4.74 Å². The standard InChI is InChI=1S/C20H26N8O4S/c1-20(2,3)32-19(29)28-10-8-16(9-11-28)25-33(30,31)17-6-4-15(5-7-17)22-13-14(12-21)18-23-26-27-24-18/h4-7,13,16,22,25H,8-11H2,1-3H3,(H,23,24,26,27). The van der Waals surface area contributed by atoms with Crippen molar-refractivity contribution in [1.29, 1.82) is 5.26 Å². The Labute approximate surface area is 192 Å². The van der Waals surface area contributed by atoms with Crippen molar-refractivity contribution in [2.24, 2.45) is 0 Å². The molecule has 3 N–H and O–H groups in total. The lowest BCUT2D eigenvalue weighted by Crippen LogP contribution is -2.47. The number of carbonyl (C=O) groups is 1. The highest BCUT2D eigenvalue weighted by molar-refractivity contribution is 7.89. The van der Waals surface area contributed by atoms with E-state index in [2.05, 4.69) is 30.7 Å². The van der Waals surface area contributed by atoms with Gasteiger partial charge >= 0.3 is 6.09 Å². The maximum atomic E-state index is 12.8. The van der Waals surface area contributed by atoms with Crippen LogP contribution in [0.4, 0.5) is 10.5 Å². The Morgan fingerprint density at radius 2 is 1.94 bits per heavy atom. The van der Waals surface area contributed by atoms with E-state index in [0.29, 0.717) is 31.6 Å². The van der Waals surface area contributed by atoms with Gasteiger partial charge in [0.1, 0.15) is 17.2 Å². The molecule has 0 atom stereocenters. The van der Waals surface area contributed by atoms with Crippen LogP contribution in [0.1, 0.15) is 39.4 Å². The summed E-state index contributed by atoms with van der Waals surface area (Å²) in [5.74, 6) is 0.145. The molecule has 0 radical (unpaired) electrons. The Hall–Kier alpha value is -3.50. The highest BCUT2D eigenvalue weighted by Gasteiger charge is 2.29. The number of anilines is 1. The fraction of sp³-hybridized carbons (Fsp3) is 0.450. The fourth-order valence-electron chi connectivity index (χ4n) is 3.10. The third kappa shape index (κ3) is 6.74. The minimum absolute atomic E-state index is 0.116. The monoisotopic (exact) mass is 474 g/mol. The molecular formula is C20H26N8O4S. The molecule has 1 saturated heterocycles. The molecule has 13 heteroatoms. The largest absolute Gasteiger partial charge is 0.444 e. The summed E-state index contributed by atoms with van der Waals surface area (Å²) in [4.78, 5) is 13.9. The van der Waals surface area contributed by atoms with Gasteiger partial charge in [-0.05, 0) is 63.1 Å². The zero-order valence-corrected chi connectivity index (χ0v) is 19.4. The van der Waals surface area contributed by atoms with Gasteiger partial charge in [-0.2, -0.15) is 10.5 Å². The van der Waals surface area contributed by atoms with Crippen molar-refractivity contribution in [3.05, 3.63) is 36.3 Å². The third-order valence-electron chi connectivity index (χ3n) is 4.72. The van der Waals surface area contributed by atoms with Crippen molar-refractivity contribution in [2.75, 3.05) is 18.4 Å². The van der Waals surface area contributed by atoms with Crippen LogP contribution < -0.4 is 10.0 Å². The number of sulfonamides is 1. The number of nitrogens with one attached hydrogen (secondary N) is 3. The quantitative estimate of drug-likeness (QED) is 0.529. The van der Waals surface area contributed by atoms with Crippen LogP contribution in [0.3, 0.4) is 0 Å². The van der Waals surface area contributed by atoms with Crippen LogP contribution in [-0.2, 0) is 14.8 Å². The van der Waals surface area contributed by atoms with Crippen molar-refractivity contribution < 1.29 is 17.9 Å².